The molecule has 0 amide bonds. The Balaban J connectivity index is 2.55. The molecule has 0 aliphatic rings. The van der Waals surface area contributed by atoms with Gasteiger partial charge in [-0.2, -0.15) is 0 Å². The molecule has 0 saturated heterocycles. The predicted octanol–water partition coefficient (Wildman–Crippen LogP) is 3.38. The molecule has 0 fully saturated rings. The number of benzene rings is 1. The van der Waals surface area contributed by atoms with Crippen molar-refractivity contribution >= 4 is 38.3 Å². The molecular weight excluding hydrogens is 204 g/mol. The van der Waals surface area contributed by atoms with Crippen LogP contribution in [-0.2, 0) is 0 Å². The van der Waals surface area contributed by atoms with Crippen LogP contribution >= 0.6 is 22.9 Å². The van der Waals surface area contributed by atoms with Gasteiger partial charge in [0.15, 0.2) is 5.13 Å². The van der Waals surface area contributed by atoms with E-state index in [4.69, 9.17) is 11.6 Å². The van der Waals surface area contributed by atoms with Crippen LogP contribution < -0.4 is 5.32 Å². The molecule has 1 N–H and O–H groups in total. The van der Waals surface area contributed by atoms with E-state index in [2.05, 4.69) is 10.3 Å². The molecule has 1 heterocycles. The number of aromatic nitrogens is 1. The molecule has 0 spiro atoms. The predicted molar refractivity (Wildman–Crippen MR) is 58.8 cm³/mol. The SMILES string of the molecule is CCNc1nc2cccc(Cl)c2s1. The van der Waals surface area contributed by atoms with E-state index in [1.807, 2.05) is 25.1 Å². The molecule has 1 aromatic carbocycles. The van der Waals surface area contributed by atoms with Crippen molar-refractivity contribution in [2.45, 2.75) is 6.92 Å². The Kier molecular flexibility index (Phi) is 2.38. The van der Waals surface area contributed by atoms with Gasteiger partial charge in [0.1, 0.15) is 0 Å². The first kappa shape index (κ1) is 8.78. The van der Waals surface area contributed by atoms with Crippen LogP contribution in [0.25, 0.3) is 10.2 Å². The molecule has 4 heteroatoms. The van der Waals surface area contributed by atoms with Gasteiger partial charge in [-0.05, 0) is 19.1 Å². The van der Waals surface area contributed by atoms with Crippen molar-refractivity contribution in [3.63, 3.8) is 0 Å². The number of fused-ring (bicyclic) bond motifs is 1. The van der Waals surface area contributed by atoms with Gasteiger partial charge in [0, 0.05) is 6.54 Å². The number of anilines is 1. The number of thiazole rings is 1. The lowest BCUT2D eigenvalue weighted by Gasteiger charge is -1.92. The zero-order valence-electron chi connectivity index (χ0n) is 7.17. The summed E-state index contributed by atoms with van der Waals surface area (Å²) in [6, 6.07) is 5.77. The Morgan fingerprint density at radius 1 is 1.54 bits per heavy atom. The molecule has 0 radical (unpaired) electrons. The molecule has 0 unspecified atom stereocenters. The third-order valence-electron chi connectivity index (χ3n) is 1.69. The van der Waals surface area contributed by atoms with Gasteiger partial charge >= 0.3 is 0 Å². The van der Waals surface area contributed by atoms with Crippen molar-refractivity contribution in [3.8, 4) is 0 Å². The third kappa shape index (κ3) is 1.62. The van der Waals surface area contributed by atoms with Crippen molar-refractivity contribution in [2.75, 3.05) is 11.9 Å². The Labute approximate surface area is 85.6 Å². The molecule has 0 atom stereocenters. The van der Waals surface area contributed by atoms with E-state index in [9.17, 15) is 0 Å². The number of nitrogens with one attached hydrogen (secondary N) is 1. The Morgan fingerprint density at radius 2 is 2.38 bits per heavy atom. The summed E-state index contributed by atoms with van der Waals surface area (Å²) in [4.78, 5) is 4.39. The summed E-state index contributed by atoms with van der Waals surface area (Å²) in [5.74, 6) is 0. The summed E-state index contributed by atoms with van der Waals surface area (Å²) in [5, 5.41) is 4.89. The first-order valence-corrected chi connectivity index (χ1v) is 5.29. The molecule has 0 aliphatic heterocycles. The van der Waals surface area contributed by atoms with E-state index in [1.165, 1.54) is 0 Å². The monoisotopic (exact) mass is 212 g/mol. The zero-order chi connectivity index (χ0) is 9.26. The lowest BCUT2D eigenvalue weighted by molar-refractivity contribution is 1.20. The van der Waals surface area contributed by atoms with Crippen LogP contribution in [0.1, 0.15) is 6.92 Å². The fraction of sp³-hybridized carbons (Fsp3) is 0.222. The number of rotatable bonds is 2. The fourth-order valence-electron chi connectivity index (χ4n) is 1.14. The molecule has 2 nitrogen and oxygen atoms in total. The highest BCUT2D eigenvalue weighted by Crippen LogP contribution is 2.31. The second-order valence-corrected chi connectivity index (χ2v) is 4.04. The molecule has 0 bridgehead atoms. The average Bonchev–Trinajstić information content (AvgIpc) is 2.49. The minimum Gasteiger partial charge on any atom is -0.362 e. The molecule has 2 aromatic rings. The Hall–Kier alpha value is -0.800. The third-order valence-corrected chi connectivity index (χ3v) is 3.18. The van der Waals surface area contributed by atoms with Crippen molar-refractivity contribution in [3.05, 3.63) is 23.2 Å². The van der Waals surface area contributed by atoms with E-state index in [0.29, 0.717) is 0 Å². The van der Waals surface area contributed by atoms with Gasteiger partial charge in [-0.15, -0.1) is 0 Å². The summed E-state index contributed by atoms with van der Waals surface area (Å²) in [5.41, 5.74) is 0.966. The highest BCUT2D eigenvalue weighted by molar-refractivity contribution is 7.22. The summed E-state index contributed by atoms with van der Waals surface area (Å²) in [7, 11) is 0. The van der Waals surface area contributed by atoms with Crippen molar-refractivity contribution in [1.82, 2.24) is 4.98 Å². The molecule has 0 saturated carbocycles. The first-order chi connectivity index (χ1) is 6.31. The van der Waals surface area contributed by atoms with Crippen LogP contribution in [0.2, 0.25) is 5.02 Å². The quantitative estimate of drug-likeness (QED) is 0.826. The highest BCUT2D eigenvalue weighted by atomic mass is 35.5. The number of nitrogens with zero attached hydrogens (tertiary/aromatic N) is 1. The van der Waals surface area contributed by atoms with Gasteiger partial charge in [-0.1, -0.05) is 29.0 Å². The maximum Gasteiger partial charge on any atom is 0.183 e. The van der Waals surface area contributed by atoms with Crippen molar-refractivity contribution in [2.24, 2.45) is 0 Å². The normalized spacial score (nSPS) is 10.6. The van der Waals surface area contributed by atoms with Gasteiger partial charge in [-0.25, -0.2) is 4.98 Å². The number of hydrogen-bond acceptors (Lipinski definition) is 3. The van der Waals surface area contributed by atoms with E-state index in [0.717, 1.165) is 26.9 Å². The number of halogens is 1. The largest absolute Gasteiger partial charge is 0.362 e. The molecular formula is C9H9ClN2S. The van der Waals surface area contributed by atoms with E-state index in [1.54, 1.807) is 11.3 Å². The highest BCUT2D eigenvalue weighted by Gasteiger charge is 2.04. The summed E-state index contributed by atoms with van der Waals surface area (Å²) < 4.78 is 1.06. The van der Waals surface area contributed by atoms with Crippen molar-refractivity contribution < 1.29 is 0 Å². The van der Waals surface area contributed by atoms with Crippen LogP contribution in [0.5, 0.6) is 0 Å². The van der Waals surface area contributed by atoms with E-state index >= 15 is 0 Å². The van der Waals surface area contributed by atoms with Crippen LogP contribution in [0.15, 0.2) is 18.2 Å². The minimum absolute atomic E-state index is 0.777. The fourth-order valence-corrected chi connectivity index (χ4v) is 2.37. The summed E-state index contributed by atoms with van der Waals surface area (Å²) in [6.45, 7) is 2.94. The second-order valence-electron chi connectivity index (χ2n) is 2.64. The molecule has 13 heavy (non-hydrogen) atoms. The Morgan fingerprint density at radius 3 is 3.08 bits per heavy atom. The van der Waals surface area contributed by atoms with Crippen LogP contribution in [0.3, 0.4) is 0 Å². The lowest BCUT2D eigenvalue weighted by atomic mass is 10.3. The number of hydrogen-bond donors (Lipinski definition) is 1. The summed E-state index contributed by atoms with van der Waals surface area (Å²) >= 11 is 7.61. The standard InChI is InChI=1S/C9H9ClN2S/c1-2-11-9-12-7-5-3-4-6(10)8(7)13-9/h3-5H,2H2,1H3,(H,11,12). The van der Waals surface area contributed by atoms with Gasteiger partial charge in [0.05, 0.1) is 15.2 Å². The average molecular weight is 213 g/mol. The molecule has 0 aliphatic carbocycles. The van der Waals surface area contributed by atoms with Crippen LogP contribution in [-0.4, -0.2) is 11.5 Å². The zero-order valence-corrected chi connectivity index (χ0v) is 8.75. The molecule has 68 valence electrons. The first-order valence-electron chi connectivity index (χ1n) is 4.10. The second kappa shape index (κ2) is 3.52. The Bertz CT molecular complexity index is 424. The van der Waals surface area contributed by atoms with Gasteiger partial charge < -0.3 is 5.32 Å². The van der Waals surface area contributed by atoms with Gasteiger partial charge in [-0.3, -0.25) is 0 Å². The van der Waals surface area contributed by atoms with Gasteiger partial charge in [0.25, 0.3) is 0 Å². The molecule has 1 aromatic heterocycles. The summed E-state index contributed by atoms with van der Waals surface area (Å²) in [6.07, 6.45) is 0. The van der Waals surface area contributed by atoms with Crippen LogP contribution in [0, 0.1) is 0 Å². The topological polar surface area (TPSA) is 24.9 Å². The maximum atomic E-state index is 6.01. The van der Waals surface area contributed by atoms with Gasteiger partial charge in [0.2, 0.25) is 0 Å². The smallest absolute Gasteiger partial charge is 0.183 e. The molecule has 2 rings (SSSR count). The van der Waals surface area contributed by atoms with E-state index in [-0.39, 0.29) is 0 Å². The lowest BCUT2D eigenvalue weighted by Crippen LogP contribution is -1.94. The minimum atomic E-state index is 0.777. The van der Waals surface area contributed by atoms with E-state index < -0.39 is 0 Å². The van der Waals surface area contributed by atoms with Crippen molar-refractivity contribution in [1.29, 1.82) is 0 Å². The maximum absolute atomic E-state index is 6.01. The van der Waals surface area contributed by atoms with Crippen LogP contribution in [0.4, 0.5) is 5.13 Å².